The average Bonchev–Trinajstić information content (AvgIpc) is 3.20. The van der Waals surface area contributed by atoms with E-state index in [4.69, 9.17) is 11.6 Å². The lowest BCUT2D eigenvalue weighted by atomic mass is 9.68. The number of likely N-dealkylation sites (tertiary alicyclic amines) is 2. The van der Waals surface area contributed by atoms with Gasteiger partial charge in [-0.05, 0) is 66.7 Å². The third-order valence-electron chi connectivity index (χ3n) is 7.28. The number of hydrogen-bond donors (Lipinski definition) is 0. The summed E-state index contributed by atoms with van der Waals surface area (Å²) in [6.07, 6.45) is 3.58. The summed E-state index contributed by atoms with van der Waals surface area (Å²) in [5.74, 6) is -0.0731. The molecule has 0 aliphatic carbocycles. The second kappa shape index (κ2) is 9.24. The van der Waals surface area contributed by atoms with Crippen LogP contribution in [0, 0.1) is 11.2 Å². The molecular weight excluding hydrogens is 437 g/mol. The summed E-state index contributed by atoms with van der Waals surface area (Å²) in [5, 5.41) is 0.319. The van der Waals surface area contributed by atoms with E-state index in [9.17, 15) is 9.18 Å². The van der Waals surface area contributed by atoms with Gasteiger partial charge in [0.15, 0.2) is 0 Å². The molecule has 0 radical (unpaired) electrons. The van der Waals surface area contributed by atoms with Crippen LogP contribution < -0.4 is 0 Å². The number of pyridine rings is 1. The Morgan fingerprint density at radius 1 is 1.06 bits per heavy atom. The first-order valence-electron chi connectivity index (χ1n) is 11.4. The molecule has 1 unspecified atom stereocenters. The van der Waals surface area contributed by atoms with Gasteiger partial charge in [-0.1, -0.05) is 54.1 Å². The first-order chi connectivity index (χ1) is 16.0. The van der Waals surface area contributed by atoms with Crippen LogP contribution >= 0.6 is 11.6 Å². The fourth-order valence-corrected chi connectivity index (χ4v) is 5.67. The molecule has 2 aliphatic heterocycles. The summed E-state index contributed by atoms with van der Waals surface area (Å²) in [6, 6.07) is 20.7. The zero-order valence-corrected chi connectivity index (χ0v) is 19.2. The molecule has 3 aromatic rings. The van der Waals surface area contributed by atoms with Gasteiger partial charge in [-0.15, -0.1) is 0 Å². The Balaban J connectivity index is 1.37. The van der Waals surface area contributed by atoms with Crippen molar-refractivity contribution in [2.45, 2.75) is 25.3 Å². The molecule has 1 aromatic heterocycles. The maximum absolute atomic E-state index is 13.6. The minimum Gasteiger partial charge on any atom is -0.337 e. The molecule has 33 heavy (non-hydrogen) atoms. The molecule has 0 saturated carbocycles. The van der Waals surface area contributed by atoms with Crippen LogP contribution in [0.4, 0.5) is 4.39 Å². The van der Waals surface area contributed by atoms with Crippen molar-refractivity contribution in [3.05, 3.63) is 101 Å². The molecule has 1 amide bonds. The van der Waals surface area contributed by atoms with Crippen molar-refractivity contribution >= 4 is 17.5 Å². The van der Waals surface area contributed by atoms with Gasteiger partial charge in [-0.3, -0.25) is 9.69 Å². The molecule has 2 saturated heterocycles. The molecule has 6 heteroatoms. The Morgan fingerprint density at radius 2 is 1.79 bits per heavy atom. The predicted octanol–water partition coefficient (Wildman–Crippen LogP) is 5.40. The Bertz CT molecular complexity index is 1110. The number of carbonyl (C=O) groups is 1. The number of rotatable bonds is 4. The number of halogens is 2. The van der Waals surface area contributed by atoms with E-state index in [0.29, 0.717) is 23.8 Å². The zero-order chi connectivity index (χ0) is 22.8. The lowest BCUT2D eigenvalue weighted by Crippen LogP contribution is -2.43. The molecule has 0 N–H and O–H groups in total. The lowest BCUT2D eigenvalue weighted by molar-refractivity contribution is 0.0700. The minimum atomic E-state index is -0.233. The Kier molecular flexibility index (Phi) is 6.17. The summed E-state index contributed by atoms with van der Waals surface area (Å²) in [4.78, 5) is 21.8. The Hall–Kier alpha value is -2.76. The number of hydrogen-bond acceptors (Lipinski definition) is 3. The molecule has 2 aliphatic rings. The van der Waals surface area contributed by atoms with E-state index in [2.05, 4.69) is 34.1 Å². The van der Waals surface area contributed by atoms with E-state index in [1.54, 1.807) is 18.3 Å². The fourth-order valence-electron chi connectivity index (χ4n) is 5.50. The number of benzene rings is 2. The fraction of sp³-hybridized carbons (Fsp3) is 0.333. The van der Waals surface area contributed by atoms with Crippen molar-refractivity contribution in [2.24, 2.45) is 5.41 Å². The van der Waals surface area contributed by atoms with Gasteiger partial charge in [-0.2, -0.15) is 0 Å². The third kappa shape index (κ3) is 4.66. The van der Waals surface area contributed by atoms with Crippen LogP contribution in [-0.4, -0.2) is 46.9 Å². The topological polar surface area (TPSA) is 36.4 Å². The third-order valence-corrected chi connectivity index (χ3v) is 7.49. The highest BCUT2D eigenvalue weighted by atomic mass is 35.5. The molecule has 2 aromatic carbocycles. The summed E-state index contributed by atoms with van der Waals surface area (Å²) in [5.41, 5.74) is 2.97. The van der Waals surface area contributed by atoms with Crippen LogP contribution in [0.1, 0.15) is 40.2 Å². The van der Waals surface area contributed by atoms with Crippen molar-refractivity contribution in [3.8, 4) is 0 Å². The summed E-state index contributed by atoms with van der Waals surface area (Å²) >= 11 is 6.04. The number of aromatic nitrogens is 1. The predicted molar refractivity (Wildman–Crippen MR) is 128 cm³/mol. The van der Waals surface area contributed by atoms with Crippen LogP contribution in [-0.2, 0) is 6.54 Å². The molecule has 3 heterocycles. The van der Waals surface area contributed by atoms with Gasteiger partial charge in [-0.25, -0.2) is 9.37 Å². The molecule has 5 rings (SSSR count). The maximum atomic E-state index is 13.6. The van der Waals surface area contributed by atoms with Gasteiger partial charge >= 0.3 is 0 Å². The largest absolute Gasteiger partial charge is 0.337 e. The van der Waals surface area contributed by atoms with Crippen molar-refractivity contribution < 1.29 is 9.18 Å². The Morgan fingerprint density at radius 3 is 2.48 bits per heavy atom. The molecule has 0 bridgehead atoms. The van der Waals surface area contributed by atoms with Crippen LogP contribution in [0.5, 0.6) is 0 Å². The van der Waals surface area contributed by atoms with Crippen LogP contribution in [0.15, 0.2) is 72.9 Å². The second-order valence-electron chi connectivity index (χ2n) is 9.28. The lowest BCUT2D eigenvalue weighted by Gasteiger charge is -2.42. The van der Waals surface area contributed by atoms with Crippen LogP contribution in [0.25, 0.3) is 0 Å². The smallest absolute Gasteiger partial charge is 0.254 e. The van der Waals surface area contributed by atoms with E-state index in [-0.39, 0.29) is 23.1 Å². The van der Waals surface area contributed by atoms with Gasteiger partial charge in [0.1, 0.15) is 11.0 Å². The summed E-state index contributed by atoms with van der Waals surface area (Å²) in [7, 11) is 0. The molecule has 1 atom stereocenters. The van der Waals surface area contributed by atoms with E-state index >= 15 is 0 Å². The first kappa shape index (κ1) is 22.1. The van der Waals surface area contributed by atoms with Gasteiger partial charge in [0.2, 0.25) is 0 Å². The normalized spacial score (nSPS) is 20.3. The zero-order valence-electron chi connectivity index (χ0n) is 18.5. The van der Waals surface area contributed by atoms with E-state index < -0.39 is 0 Å². The maximum Gasteiger partial charge on any atom is 0.254 e. The highest BCUT2D eigenvalue weighted by Crippen LogP contribution is 2.50. The molecule has 2 fully saturated rings. The summed E-state index contributed by atoms with van der Waals surface area (Å²) < 4.78 is 13.6. The van der Waals surface area contributed by atoms with E-state index in [1.165, 1.54) is 17.7 Å². The molecule has 170 valence electrons. The highest BCUT2D eigenvalue weighted by Gasteiger charge is 2.49. The quantitative estimate of drug-likeness (QED) is 0.486. The average molecular weight is 464 g/mol. The molecular formula is C27H27ClFN3O. The van der Waals surface area contributed by atoms with E-state index in [0.717, 1.165) is 38.0 Å². The monoisotopic (exact) mass is 463 g/mol. The summed E-state index contributed by atoms with van der Waals surface area (Å²) in [6.45, 7) is 4.23. The van der Waals surface area contributed by atoms with Gasteiger partial charge in [0.25, 0.3) is 5.91 Å². The van der Waals surface area contributed by atoms with Gasteiger partial charge in [0, 0.05) is 37.3 Å². The van der Waals surface area contributed by atoms with Crippen molar-refractivity contribution in [1.29, 1.82) is 0 Å². The van der Waals surface area contributed by atoms with Gasteiger partial charge < -0.3 is 4.90 Å². The standard InChI is InChI=1S/C27H27ClFN3O/c28-25-16-22(10-13-30-25)26(33)32-18-24(21-6-8-23(29)9-7-21)27(19-32)11-14-31(15-12-27)17-20-4-2-1-3-5-20/h1-10,13,16,24H,11-12,14-15,17-19H2. The molecule has 1 spiro atoms. The van der Waals surface area contributed by atoms with Gasteiger partial charge in [0.05, 0.1) is 0 Å². The van der Waals surface area contributed by atoms with Crippen LogP contribution in [0.3, 0.4) is 0 Å². The highest BCUT2D eigenvalue weighted by molar-refractivity contribution is 6.29. The number of amides is 1. The van der Waals surface area contributed by atoms with Crippen molar-refractivity contribution in [1.82, 2.24) is 14.8 Å². The number of carbonyl (C=O) groups excluding carboxylic acids is 1. The minimum absolute atomic E-state index is 0.0164. The Labute approximate surface area is 199 Å². The second-order valence-corrected chi connectivity index (χ2v) is 9.67. The first-order valence-corrected chi connectivity index (χ1v) is 11.8. The molecule has 4 nitrogen and oxygen atoms in total. The van der Waals surface area contributed by atoms with E-state index in [1.807, 2.05) is 23.1 Å². The van der Waals surface area contributed by atoms with Crippen LogP contribution in [0.2, 0.25) is 5.15 Å². The van der Waals surface area contributed by atoms with Crippen molar-refractivity contribution in [3.63, 3.8) is 0 Å². The van der Waals surface area contributed by atoms with Crippen molar-refractivity contribution in [2.75, 3.05) is 26.2 Å². The SMILES string of the molecule is O=C(c1ccnc(Cl)c1)N1CC(c2ccc(F)cc2)C2(CCN(Cc3ccccc3)CC2)C1. The number of nitrogens with zero attached hydrogens (tertiary/aromatic N) is 3. The number of piperidine rings is 1.